The molecule has 1 heterocycles. The Morgan fingerprint density at radius 1 is 1.11 bits per heavy atom. The molecule has 1 saturated heterocycles. The summed E-state index contributed by atoms with van der Waals surface area (Å²) in [6.45, 7) is 2.94. The first-order chi connectivity index (χ1) is 17.9. The van der Waals surface area contributed by atoms with E-state index >= 15 is 0 Å². The van der Waals surface area contributed by atoms with Crippen LogP contribution < -0.4 is 10.1 Å². The first-order valence-electron chi connectivity index (χ1n) is 13.2. The van der Waals surface area contributed by atoms with Crippen molar-refractivity contribution in [2.75, 3.05) is 47.1 Å². The Balaban J connectivity index is 1.58. The van der Waals surface area contributed by atoms with Gasteiger partial charge < -0.3 is 29.5 Å². The molecular formula is C29H39FN2O5. The minimum Gasteiger partial charge on any atom is -0.491 e. The van der Waals surface area contributed by atoms with Crippen LogP contribution in [0.3, 0.4) is 0 Å². The number of nitrogens with zero attached hydrogens (tertiary/aromatic N) is 1. The average molecular weight is 515 g/mol. The molecule has 7 nitrogen and oxygen atoms in total. The zero-order valence-corrected chi connectivity index (χ0v) is 21.9. The van der Waals surface area contributed by atoms with Crippen molar-refractivity contribution in [3.05, 3.63) is 65.0 Å². The number of carbonyl (C=O) groups is 1. The Hall–Kier alpha value is -2.52. The van der Waals surface area contributed by atoms with Gasteiger partial charge >= 0.3 is 0 Å². The maximum atomic E-state index is 14.1. The van der Waals surface area contributed by atoms with Crippen LogP contribution in [0, 0.1) is 11.7 Å². The summed E-state index contributed by atoms with van der Waals surface area (Å²) in [5.74, 6) is -0.471. The van der Waals surface area contributed by atoms with Crippen molar-refractivity contribution >= 4 is 5.91 Å². The molecule has 1 amide bonds. The molecule has 1 unspecified atom stereocenters. The van der Waals surface area contributed by atoms with Gasteiger partial charge in [-0.2, -0.15) is 0 Å². The van der Waals surface area contributed by atoms with Crippen molar-refractivity contribution in [3.8, 4) is 5.75 Å². The van der Waals surface area contributed by atoms with Gasteiger partial charge in [0.05, 0.1) is 12.5 Å². The molecule has 1 aliphatic carbocycles. The van der Waals surface area contributed by atoms with E-state index in [9.17, 15) is 14.3 Å². The van der Waals surface area contributed by atoms with Gasteiger partial charge in [-0.1, -0.05) is 18.2 Å². The molecule has 0 bridgehead atoms. The van der Waals surface area contributed by atoms with E-state index in [0.717, 1.165) is 42.6 Å². The van der Waals surface area contributed by atoms with Gasteiger partial charge in [-0.25, -0.2) is 4.39 Å². The fourth-order valence-corrected chi connectivity index (χ4v) is 5.14. The topological polar surface area (TPSA) is 80.3 Å². The molecule has 8 heteroatoms. The number of methoxy groups -OCH3 is 2. The number of halogens is 1. The molecule has 2 N–H and O–H groups in total. The van der Waals surface area contributed by atoms with Crippen molar-refractivity contribution in [1.82, 2.24) is 10.2 Å². The van der Waals surface area contributed by atoms with Crippen LogP contribution in [0.25, 0.3) is 0 Å². The van der Waals surface area contributed by atoms with E-state index in [2.05, 4.69) is 11.4 Å². The standard InChI is InChI=1S/C29H39FN2O5/c1-35-12-4-5-21-15-22(17-26(16-21)37-14-13-36-2)20-32(25-8-9-25)28(33)27-19-31-11-10-29(27,34)23-6-3-7-24(30)18-23/h3,6-7,15-18,25,27,31,34H,4-5,8-14,19-20H2,1-2H3/t27?,29-/m0/s1. The van der Waals surface area contributed by atoms with Crippen molar-refractivity contribution in [1.29, 1.82) is 0 Å². The van der Waals surface area contributed by atoms with Gasteiger partial charge in [-0.05, 0) is 79.6 Å². The zero-order valence-electron chi connectivity index (χ0n) is 21.9. The van der Waals surface area contributed by atoms with E-state index in [1.165, 1.54) is 12.1 Å². The van der Waals surface area contributed by atoms with E-state index in [-0.39, 0.29) is 11.9 Å². The average Bonchev–Trinajstić information content (AvgIpc) is 3.73. The van der Waals surface area contributed by atoms with Gasteiger partial charge in [0, 0.05) is 40.0 Å². The Morgan fingerprint density at radius 2 is 1.89 bits per heavy atom. The summed E-state index contributed by atoms with van der Waals surface area (Å²) in [5, 5.41) is 15.0. The highest BCUT2D eigenvalue weighted by atomic mass is 19.1. The molecule has 1 aliphatic heterocycles. The second-order valence-electron chi connectivity index (χ2n) is 10.1. The van der Waals surface area contributed by atoms with E-state index in [0.29, 0.717) is 51.4 Å². The van der Waals surface area contributed by atoms with Crippen LogP contribution >= 0.6 is 0 Å². The summed E-state index contributed by atoms with van der Waals surface area (Å²) >= 11 is 0. The van der Waals surface area contributed by atoms with Crippen LogP contribution in [0.1, 0.15) is 42.4 Å². The predicted molar refractivity (Wildman–Crippen MR) is 139 cm³/mol. The Kier molecular flexibility index (Phi) is 9.54. The van der Waals surface area contributed by atoms with E-state index < -0.39 is 17.3 Å². The van der Waals surface area contributed by atoms with Crippen LogP contribution in [0.15, 0.2) is 42.5 Å². The number of piperidine rings is 1. The SMILES string of the molecule is COCCCc1cc(CN(C(=O)C2CNCC[C@]2(O)c2cccc(F)c2)C2CC2)cc(OCCOC)c1. The van der Waals surface area contributed by atoms with Crippen molar-refractivity contribution < 1.29 is 28.5 Å². The minimum absolute atomic E-state index is 0.104. The number of nitrogens with one attached hydrogen (secondary N) is 1. The normalized spacial score (nSPS) is 21.6. The molecule has 2 atom stereocenters. The van der Waals surface area contributed by atoms with E-state index in [1.807, 2.05) is 17.0 Å². The maximum absolute atomic E-state index is 14.1. The van der Waals surface area contributed by atoms with Gasteiger partial charge in [0.25, 0.3) is 0 Å². The highest BCUT2D eigenvalue weighted by Crippen LogP contribution is 2.39. The van der Waals surface area contributed by atoms with Gasteiger partial charge in [-0.3, -0.25) is 4.79 Å². The summed E-state index contributed by atoms with van der Waals surface area (Å²) in [5.41, 5.74) is 1.15. The number of rotatable bonds is 13. The first kappa shape index (κ1) is 27.5. The number of ether oxygens (including phenoxy) is 3. The predicted octanol–water partition coefficient (Wildman–Crippen LogP) is 3.42. The second kappa shape index (κ2) is 12.8. The molecule has 2 fully saturated rings. The lowest BCUT2D eigenvalue weighted by atomic mass is 9.75. The lowest BCUT2D eigenvalue weighted by Crippen LogP contribution is -2.55. The van der Waals surface area contributed by atoms with E-state index in [4.69, 9.17) is 14.2 Å². The Morgan fingerprint density at radius 3 is 2.62 bits per heavy atom. The highest BCUT2D eigenvalue weighted by molar-refractivity contribution is 5.81. The molecule has 2 aliphatic rings. The minimum atomic E-state index is -1.42. The third-order valence-electron chi connectivity index (χ3n) is 7.25. The molecule has 1 saturated carbocycles. The number of amides is 1. The largest absolute Gasteiger partial charge is 0.491 e. The molecule has 4 rings (SSSR count). The number of hydrogen-bond acceptors (Lipinski definition) is 6. The number of hydrogen-bond donors (Lipinski definition) is 2. The van der Waals surface area contributed by atoms with Gasteiger partial charge in [0.15, 0.2) is 0 Å². The van der Waals surface area contributed by atoms with Crippen LogP contribution in [0.2, 0.25) is 0 Å². The summed E-state index contributed by atoms with van der Waals surface area (Å²) in [6, 6.07) is 12.3. The summed E-state index contributed by atoms with van der Waals surface area (Å²) in [6.07, 6.45) is 3.95. The third-order valence-corrected chi connectivity index (χ3v) is 7.25. The van der Waals surface area contributed by atoms with Crippen LogP contribution in [-0.2, 0) is 32.8 Å². The summed E-state index contributed by atoms with van der Waals surface area (Å²) in [7, 11) is 3.33. The van der Waals surface area contributed by atoms with Gasteiger partial charge in [-0.15, -0.1) is 0 Å². The Labute approximate surface area is 218 Å². The number of carbonyl (C=O) groups excluding carboxylic acids is 1. The summed E-state index contributed by atoms with van der Waals surface area (Å²) < 4.78 is 30.3. The molecule has 2 aromatic rings. The number of aryl methyl sites for hydroxylation is 1. The van der Waals surface area contributed by atoms with Gasteiger partial charge in [0.1, 0.15) is 23.8 Å². The van der Waals surface area contributed by atoms with Crippen molar-refractivity contribution in [3.63, 3.8) is 0 Å². The lowest BCUT2D eigenvalue weighted by molar-refractivity contribution is -0.150. The maximum Gasteiger partial charge on any atom is 0.230 e. The molecule has 0 spiro atoms. The lowest BCUT2D eigenvalue weighted by Gasteiger charge is -2.42. The van der Waals surface area contributed by atoms with Crippen LogP contribution in [0.4, 0.5) is 4.39 Å². The van der Waals surface area contributed by atoms with E-state index in [1.54, 1.807) is 26.4 Å². The van der Waals surface area contributed by atoms with Crippen molar-refractivity contribution in [2.45, 2.75) is 50.3 Å². The fourth-order valence-electron chi connectivity index (χ4n) is 5.14. The fraction of sp³-hybridized carbons (Fsp3) is 0.552. The van der Waals surface area contributed by atoms with Crippen LogP contribution in [-0.4, -0.2) is 69.1 Å². The number of benzene rings is 2. The Bertz CT molecular complexity index is 1020. The number of aliphatic hydroxyl groups is 1. The van der Waals surface area contributed by atoms with Crippen LogP contribution in [0.5, 0.6) is 5.75 Å². The second-order valence-corrected chi connectivity index (χ2v) is 10.1. The molecule has 0 radical (unpaired) electrons. The molecule has 37 heavy (non-hydrogen) atoms. The quantitative estimate of drug-likeness (QED) is 0.399. The van der Waals surface area contributed by atoms with Crippen molar-refractivity contribution in [2.24, 2.45) is 5.92 Å². The molecular weight excluding hydrogens is 475 g/mol. The third kappa shape index (κ3) is 7.08. The molecule has 202 valence electrons. The first-order valence-corrected chi connectivity index (χ1v) is 13.2. The summed E-state index contributed by atoms with van der Waals surface area (Å²) in [4.78, 5) is 15.9. The molecule has 2 aromatic carbocycles. The smallest absolute Gasteiger partial charge is 0.230 e. The monoisotopic (exact) mass is 514 g/mol. The molecule has 0 aromatic heterocycles. The van der Waals surface area contributed by atoms with Gasteiger partial charge in [0.2, 0.25) is 5.91 Å². The highest BCUT2D eigenvalue weighted by Gasteiger charge is 2.48. The zero-order chi connectivity index (χ0) is 26.3.